The Morgan fingerprint density at radius 1 is 1.28 bits per heavy atom. The monoisotopic (exact) mass is 406 g/mol. The van der Waals surface area contributed by atoms with Crippen LogP contribution in [0.3, 0.4) is 0 Å². The summed E-state index contributed by atoms with van der Waals surface area (Å²) in [5, 5.41) is 12.4. The van der Waals surface area contributed by atoms with Crippen molar-refractivity contribution in [2.45, 2.75) is 90.1 Å². The lowest BCUT2D eigenvalue weighted by Gasteiger charge is -2.26. The van der Waals surface area contributed by atoms with Gasteiger partial charge in [-0.2, -0.15) is 0 Å². The molecule has 0 radical (unpaired) electrons. The normalized spacial score (nSPS) is 21.5. The zero-order chi connectivity index (χ0) is 21.2. The number of carbonyl (C=O) groups is 2. The molecule has 7 nitrogen and oxygen atoms in total. The summed E-state index contributed by atoms with van der Waals surface area (Å²) < 4.78 is 2.16. The van der Waals surface area contributed by atoms with Crippen LogP contribution in [0.25, 0.3) is 0 Å². The summed E-state index contributed by atoms with van der Waals surface area (Å²) in [5.41, 5.74) is 6.69. The van der Waals surface area contributed by atoms with E-state index in [1.54, 1.807) is 0 Å². The molecule has 1 aromatic rings. The first-order chi connectivity index (χ1) is 13.9. The van der Waals surface area contributed by atoms with Crippen molar-refractivity contribution in [3.05, 3.63) is 18.2 Å². The topological polar surface area (TPSA) is 110 Å². The fourth-order valence-corrected chi connectivity index (χ4v) is 4.04. The molecule has 1 amide bonds. The van der Waals surface area contributed by atoms with E-state index >= 15 is 0 Å². The fourth-order valence-electron chi connectivity index (χ4n) is 4.04. The lowest BCUT2D eigenvalue weighted by atomic mass is 9.87. The maximum absolute atomic E-state index is 11.9. The highest BCUT2D eigenvalue weighted by Gasteiger charge is 2.22. The van der Waals surface area contributed by atoms with Gasteiger partial charge in [0.15, 0.2) is 0 Å². The first-order valence-electron chi connectivity index (χ1n) is 11.2. The Morgan fingerprint density at radius 2 is 2.00 bits per heavy atom. The first-order valence-corrected chi connectivity index (χ1v) is 11.2. The summed E-state index contributed by atoms with van der Waals surface area (Å²) in [4.78, 5) is 28.0. The summed E-state index contributed by atoms with van der Waals surface area (Å²) in [6.07, 6.45) is 12.9. The number of carboxylic acid groups (broad SMARTS) is 1. The van der Waals surface area contributed by atoms with Gasteiger partial charge in [-0.05, 0) is 50.9 Å². The van der Waals surface area contributed by atoms with Crippen molar-refractivity contribution in [1.29, 1.82) is 0 Å². The summed E-state index contributed by atoms with van der Waals surface area (Å²) >= 11 is 0. The molecule has 1 heterocycles. The molecule has 2 unspecified atom stereocenters. The van der Waals surface area contributed by atoms with Gasteiger partial charge in [-0.15, -0.1) is 0 Å². The Bertz CT molecular complexity index is 638. The SMILES string of the molecule is CCCCC(N)C(=O)NCCCC(Cc1cn([C@H]2CC[C@H](C)CC2)cn1)C(=O)O. The molecule has 0 aliphatic heterocycles. The van der Waals surface area contributed by atoms with Crippen molar-refractivity contribution in [2.24, 2.45) is 17.6 Å². The van der Waals surface area contributed by atoms with Gasteiger partial charge in [0.1, 0.15) is 0 Å². The van der Waals surface area contributed by atoms with Crippen molar-refractivity contribution in [1.82, 2.24) is 14.9 Å². The van der Waals surface area contributed by atoms with E-state index in [-0.39, 0.29) is 5.91 Å². The van der Waals surface area contributed by atoms with E-state index < -0.39 is 17.9 Å². The second-order valence-corrected chi connectivity index (χ2v) is 8.65. The second-order valence-electron chi connectivity index (χ2n) is 8.65. The summed E-state index contributed by atoms with van der Waals surface area (Å²) in [6.45, 7) is 4.82. The van der Waals surface area contributed by atoms with Crippen LogP contribution in [-0.4, -0.2) is 39.1 Å². The molecule has 164 valence electrons. The zero-order valence-corrected chi connectivity index (χ0v) is 18.0. The lowest BCUT2D eigenvalue weighted by molar-refractivity contribution is -0.142. The second kappa shape index (κ2) is 12.0. The van der Waals surface area contributed by atoms with E-state index in [1.807, 2.05) is 12.5 Å². The Hall–Kier alpha value is -1.89. The molecule has 0 bridgehead atoms. The number of amides is 1. The number of hydrogen-bond donors (Lipinski definition) is 3. The lowest BCUT2D eigenvalue weighted by Crippen LogP contribution is -2.41. The van der Waals surface area contributed by atoms with Crippen molar-refractivity contribution in [2.75, 3.05) is 6.54 Å². The van der Waals surface area contributed by atoms with E-state index in [4.69, 9.17) is 5.73 Å². The number of aromatic nitrogens is 2. The van der Waals surface area contributed by atoms with Crippen LogP contribution in [0, 0.1) is 11.8 Å². The number of carboxylic acids is 1. The smallest absolute Gasteiger partial charge is 0.306 e. The van der Waals surface area contributed by atoms with Crippen LogP contribution < -0.4 is 11.1 Å². The van der Waals surface area contributed by atoms with Gasteiger partial charge in [0, 0.05) is 25.2 Å². The van der Waals surface area contributed by atoms with Gasteiger partial charge in [0.25, 0.3) is 0 Å². The summed E-state index contributed by atoms with van der Waals surface area (Å²) in [6, 6.07) is 0.0137. The molecule has 2 rings (SSSR count). The third-order valence-electron chi connectivity index (χ3n) is 6.10. The van der Waals surface area contributed by atoms with Crippen LogP contribution in [0.1, 0.15) is 83.4 Å². The van der Waals surface area contributed by atoms with Gasteiger partial charge >= 0.3 is 5.97 Å². The van der Waals surface area contributed by atoms with Crippen LogP contribution in [0.4, 0.5) is 0 Å². The van der Waals surface area contributed by atoms with Crippen LogP contribution in [0.15, 0.2) is 12.5 Å². The first kappa shape index (κ1) is 23.4. The molecule has 0 saturated heterocycles. The Morgan fingerprint density at radius 3 is 2.66 bits per heavy atom. The Balaban J connectivity index is 1.76. The van der Waals surface area contributed by atoms with Gasteiger partial charge in [-0.25, -0.2) is 4.98 Å². The molecule has 1 aromatic heterocycles. The minimum atomic E-state index is -0.808. The molecule has 1 saturated carbocycles. The van der Waals surface area contributed by atoms with Gasteiger partial charge in [-0.3, -0.25) is 9.59 Å². The number of unbranched alkanes of at least 4 members (excludes halogenated alkanes) is 1. The van der Waals surface area contributed by atoms with Crippen molar-refractivity contribution < 1.29 is 14.7 Å². The quantitative estimate of drug-likeness (QED) is 0.461. The predicted molar refractivity (Wildman–Crippen MR) is 113 cm³/mol. The molecule has 1 aliphatic rings. The number of hydrogen-bond acceptors (Lipinski definition) is 4. The Labute approximate surface area is 174 Å². The fraction of sp³-hybridized carbons (Fsp3) is 0.773. The standard InChI is InChI=1S/C22H38N4O3/c1-3-4-7-20(23)21(27)24-12-5-6-17(22(28)29)13-18-14-26(15-25-18)19-10-8-16(2)9-11-19/h14-17,19-20H,3-13,23H2,1-2H3,(H,24,27)(H,28,29)/t16-,17?,19-,20?. The van der Waals surface area contributed by atoms with Crippen molar-refractivity contribution >= 4 is 11.9 Å². The molecule has 1 fully saturated rings. The summed E-state index contributed by atoms with van der Waals surface area (Å²) in [7, 11) is 0. The van der Waals surface area contributed by atoms with Gasteiger partial charge in [0.05, 0.1) is 24.0 Å². The van der Waals surface area contributed by atoms with Gasteiger partial charge in [-0.1, -0.05) is 26.7 Å². The predicted octanol–water partition coefficient (Wildman–Crippen LogP) is 3.29. The van der Waals surface area contributed by atoms with Crippen LogP contribution >= 0.6 is 0 Å². The maximum Gasteiger partial charge on any atom is 0.306 e. The highest BCUT2D eigenvalue weighted by molar-refractivity contribution is 5.81. The van der Waals surface area contributed by atoms with Crippen LogP contribution in [0.2, 0.25) is 0 Å². The number of carbonyl (C=O) groups excluding carboxylic acids is 1. The number of nitrogens with two attached hydrogens (primary N) is 1. The van der Waals surface area contributed by atoms with Crippen LogP contribution in [0.5, 0.6) is 0 Å². The number of rotatable bonds is 12. The van der Waals surface area contributed by atoms with Crippen molar-refractivity contribution in [3.63, 3.8) is 0 Å². The number of nitrogens with zero attached hydrogens (tertiary/aromatic N) is 2. The molecule has 1 aliphatic carbocycles. The average Bonchev–Trinajstić information content (AvgIpc) is 3.17. The molecule has 2 atom stereocenters. The number of aliphatic carboxylic acids is 1. The van der Waals surface area contributed by atoms with E-state index in [0.717, 1.165) is 24.5 Å². The molecule has 0 spiro atoms. The molecular weight excluding hydrogens is 368 g/mol. The van der Waals surface area contributed by atoms with E-state index in [1.165, 1.54) is 25.7 Å². The molecular formula is C22H38N4O3. The van der Waals surface area contributed by atoms with E-state index in [9.17, 15) is 14.7 Å². The number of imidazole rings is 1. The van der Waals surface area contributed by atoms with E-state index in [0.29, 0.717) is 38.3 Å². The van der Waals surface area contributed by atoms with Gasteiger partial charge in [0.2, 0.25) is 5.91 Å². The van der Waals surface area contributed by atoms with Gasteiger partial charge < -0.3 is 20.7 Å². The third-order valence-corrected chi connectivity index (χ3v) is 6.10. The molecule has 4 N–H and O–H groups in total. The minimum absolute atomic E-state index is 0.147. The highest BCUT2D eigenvalue weighted by Crippen LogP contribution is 2.31. The zero-order valence-electron chi connectivity index (χ0n) is 18.0. The Kier molecular flexibility index (Phi) is 9.64. The molecule has 0 aromatic carbocycles. The minimum Gasteiger partial charge on any atom is -0.481 e. The maximum atomic E-state index is 11.9. The highest BCUT2D eigenvalue weighted by atomic mass is 16.4. The molecule has 7 heteroatoms. The van der Waals surface area contributed by atoms with Crippen molar-refractivity contribution in [3.8, 4) is 0 Å². The third kappa shape index (κ3) is 7.80. The number of nitrogens with one attached hydrogen (secondary N) is 1. The summed E-state index contributed by atoms with van der Waals surface area (Å²) in [5.74, 6) is -0.648. The largest absolute Gasteiger partial charge is 0.481 e. The molecule has 29 heavy (non-hydrogen) atoms. The van der Waals surface area contributed by atoms with E-state index in [2.05, 4.69) is 28.7 Å². The average molecular weight is 407 g/mol. The van der Waals surface area contributed by atoms with Crippen LogP contribution in [-0.2, 0) is 16.0 Å².